The number of carbonyl (C=O) groups excluding carboxylic acids is 2. The van der Waals surface area contributed by atoms with E-state index in [0.29, 0.717) is 17.2 Å². The van der Waals surface area contributed by atoms with Crippen LogP contribution in [-0.4, -0.2) is 18.5 Å². The van der Waals surface area contributed by atoms with Crippen LogP contribution >= 0.6 is 11.3 Å². The largest absolute Gasteiger partial charge is 0.489 e. The molecule has 1 N–H and O–H groups in total. The zero-order valence-electron chi connectivity index (χ0n) is 21.8. The van der Waals surface area contributed by atoms with Crippen LogP contribution in [0.3, 0.4) is 0 Å². The van der Waals surface area contributed by atoms with Crippen LogP contribution in [0.1, 0.15) is 46.5 Å². The van der Waals surface area contributed by atoms with Crippen molar-refractivity contribution in [1.82, 2.24) is 0 Å². The fourth-order valence-corrected chi connectivity index (χ4v) is 4.80. The first-order valence-electron chi connectivity index (χ1n) is 12.6. The summed E-state index contributed by atoms with van der Waals surface area (Å²) in [7, 11) is 0. The van der Waals surface area contributed by atoms with Gasteiger partial charge in [0.25, 0.3) is 0 Å². The topological polar surface area (TPSA) is 64.6 Å². The van der Waals surface area contributed by atoms with Crippen molar-refractivity contribution in [2.75, 3.05) is 11.9 Å². The molecule has 4 rings (SSSR count). The molecule has 3 aromatic carbocycles. The highest BCUT2D eigenvalue weighted by Crippen LogP contribution is 2.36. The minimum Gasteiger partial charge on any atom is -0.489 e. The monoisotopic (exact) mass is 525 g/mol. The summed E-state index contributed by atoms with van der Waals surface area (Å²) in [4.78, 5) is 25.5. The molecule has 0 aliphatic carbocycles. The van der Waals surface area contributed by atoms with Gasteiger partial charge in [-0.15, -0.1) is 11.3 Å². The maximum absolute atomic E-state index is 12.8. The van der Waals surface area contributed by atoms with Crippen LogP contribution < -0.4 is 10.1 Å². The van der Waals surface area contributed by atoms with E-state index in [1.54, 1.807) is 13.0 Å². The van der Waals surface area contributed by atoms with Crippen LogP contribution in [0.2, 0.25) is 0 Å². The van der Waals surface area contributed by atoms with E-state index >= 15 is 0 Å². The normalized spacial score (nSPS) is 10.9. The van der Waals surface area contributed by atoms with Gasteiger partial charge in [0.15, 0.2) is 0 Å². The Kier molecular flexibility index (Phi) is 9.11. The van der Waals surface area contributed by atoms with Gasteiger partial charge in [-0.3, -0.25) is 4.79 Å². The summed E-state index contributed by atoms with van der Waals surface area (Å²) in [6, 6.07) is 23.8. The van der Waals surface area contributed by atoms with Gasteiger partial charge in [0.1, 0.15) is 22.9 Å². The van der Waals surface area contributed by atoms with Gasteiger partial charge in [0.2, 0.25) is 5.91 Å². The van der Waals surface area contributed by atoms with Gasteiger partial charge in [-0.2, -0.15) is 0 Å². The summed E-state index contributed by atoms with van der Waals surface area (Å²) in [5.41, 5.74) is 6.42. The Balaban J connectivity index is 1.42. The summed E-state index contributed by atoms with van der Waals surface area (Å²) in [5.74, 6) is -0.0295. The lowest BCUT2D eigenvalue weighted by Crippen LogP contribution is -2.12. The molecular weight excluding hydrogens is 494 g/mol. The molecule has 38 heavy (non-hydrogen) atoms. The Labute approximate surface area is 227 Å². The maximum Gasteiger partial charge on any atom is 0.341 e. The maximum atomic E-state index is 12.8. The molecule has 0 bridgehead atoms. The molecule has 0 aliphatic heterocycles. The number of carbonyl (C=O) groups is 2. The lowest BCUT2D eigenvalue weighted by atomic mass is 10.0. The first-order valence-corrected chi connectivity index (χ1v) is 13.5. The van der Waals surface area contributed by atoms with Crippen LogP contribution in [0.4, 0.5) is 5.00 Å². The average molecular weight is 526 g/mol. The number of esters is 1. The van der Waals surface area contributed by atoms with Gasteiger partial charge in [0.05, 0.1) is 6.61 Å². The van der Waals surface area contributed by atoms with E-state index < -0.39 is 5.97 Å². The second-order valence-electron chi connectivity index (χ2n) is 8.79. The van der Waals surface area contributed by atoms with Gasteiger partial charge in [0, 0.05) is 17.0 Å². The molecule has 0 fully saturated rings. The smallest absolute Gasteiger partial charge is 0.341 e. The van der Waals surface area contributed by atoms with Gasteiger partial charge < -0.3 is 14.8 Å². The van der Waals surface area contributed by atoms with Gasteiger partial charge in [-0.1, -0.05) is 73.2 Å². The highest BCUT2D eigenvalue weighted by molar-refractivity contribution is 7.15. The molecule has 0 aliphatic rings. The molecule has 0 atom stereocenters. The Morgan fingerprint density at radius 1 is 0.895 bits per heavy atom. The first kappa shape index (κ1) is 26.9. The number of aryl methyl sites for hydroxylation is 2. The van der Waals surface area contributed by atoms with Crippen molar-refractivity contribution in [2.45, 2.75) is 33.8 Å². The van der Waals surface area contributed by atoms with Crippen LogP contribution in [0.15, 0.2) is 84.3 Å². The molecule has 1 amide bonds. The van der Waals surface area contributed by atoms with E-state index in [1.807, 2.05) is 53.9 Å². The third kappa shape index (κ3) is 6.99. The molecular formula is C32H31NO4S. The molecule has 1 heterocycles. The van der Waals surface area contributed by atoms with Crippen molar-refractivity contribution in [1.29, 1.82) is 0 Å². The number of nitrogens with one attached hydrogen (secondary N) is 1. The standard InChI is InChI=1S/C32H31NO4S/c1-4-23-10-15-26(16-11-23)28-21-38-31(30(28)32(35)36-5-2)33-29(34)19-14-24-12-17-27(18-13-24)37-20-25-8-6-22(3)7-9-25/h6-19,21H,4-5,20H2,1-3H3,(H,33,34). The van der Waals surface area contributed by atoms with Gasteiger partial charge in [-0.25, -0.2) is 4.79 Å². The number of amides is 1. The number of ether oxygens (including phenoxy) is 2. The summed E-state index contributed by atoms with van der Waals surface area (Å²) in [6.45, 7) is 6.66. The molecule has 0 spiro atoms. The third-order valence-corrected chi connectivity index (χ3v) is 6.91. The van der Waals surface area contributed by atoms with E-state index in [-0.39, 0.29) is 12.5 Å². The van der Waals surface area contributed by atoms with Crippen LogP contribution in [0.5, 0.6) is 5.75 Å². The summed E-state index contributed by atoms with van der Waals surface area (Å²) in [5, 5.41) is 5.20. The molecule has 1 aromatic heterocycles. The number of thiophene rings is 1. The highest BCUT2D eigenvalue weighted by Gasteiger charge is 2.22. The minimum absolute atomic E-state index is 0.251. The summed E-state index contributed by atoms with van der Waals surface area (Å²) in [6.07, 6.45) is 4.11. The predicted molar refractivity (Wildman–Crippen MR) is 155 cm³/mol. The molecule has 6 heteroatoms. The Bertz CT molecular complexity index is 1400. The van der Waals surface area contributed by atoms with Crippen molar-refractivity contribution < 1.29 is 19.1 Å². The SMILES string of the molecule is CCOC(=O)c1c(-c2ccc(CC)cc2)csc1NC(=O)C=Cc1ccc(OCc2ccc(C)cc2)cc1. The number of anilines is 1. The quantitative estimate of drug-likeness (QED) is 0.170. The molecule has 4 aromatic rings. The van der Waals surface area contributed by atoms with Crippen molar-refractivity contribution in [3.8, 4) is 16.9 Å². The molecule has 0 unspecified atom stereocenters. The zero-order valence-corrected chi connectivity index (χ0v) is 22.6. The number of rotatable bonds is 10. The fraction of sp³-hybridized carbons (Fsp3) is 0.188. The van der Waals surface area contributed by atoms with Gasteiger partial charge >= 0.3 is 5.97 Å². The van der Waals surface area contributed by atoms with Crippen LogP contribution in [0, 0.1) is 6.92 Å². The Morgan fingerprint density at radius 2 is 1.58 bits per heavy atom. The van der Waals surface area contributed by atoms with Crippen molar-refractivity contribution >= 4 is 34.3 Å². The fourth-order valence-electron chi connectivity index (χ4n) is 3.84. The predicted octanol–water partition coefficient (Wildman–Crippen LogP) is 7.69. The number of hydrogen-bond acceptors (Lipinski definition) is 5. The zero-order chi connectivity index (χ0) is 26.9. The van der Waals surface area contributed by atoms with Crippen molar-refractivity contribution in [2.24, 2.45) is 0 Å². The van der Waals surface area contributed by atoms with E-state index in [1.165, 1.54) is 28.5 Å². The lowest BCUT2D eigenvalue weighted by molar-refractivity contribution is -0.111. The summed E-state index contributed by atoms with van der Waals surface area (Å²) < 4.78 is 11.1. The summed E-state index contributed by atoms with van der Waals surface area (Å²) >= 11 is 1.31. The number of benzene rings is 3. The molecule has 0 radical (unpaired) electrons. The van der Waals surface area contributed by atoms with E-state index in [4.69, 9.17) is 9.47 Å². The Morgan fingerprint density at radius 3 is 2.24 bits per heavy atom. The third-order valence-electron chi connectivity index (χ3n) is 6.01. The van der Waals surface area contributed by atoms with Crippen LogP contribution in [0.25, 0.3) is 17.2 Å². The van der Waals surface area contributed by atoms with E-state index in [0.717, 1.165) is 34.4 Å². The molecule has 0 saturated carbocycles. The van der Waals surface area contributed by atoms with E-state index in [9.17, 15) is 9.59 Å². The molecule has 5 nitrogen and oxygen atoms in total. The van der Waals surface area contributed by atoms with Crippen molar-refractivity contribution in [3.05, 3.63) is 112 Å². The van der Waals surface area contributed by atoms with Crippen LogP contribution in [-0.2, 0) is 22.6 Å². The first-order chi connectivity index (χ1) is 18.5. The lowest BCUT2D eigenvalue weighted by Gasteiger charge is -2.08. The van der Waals surface area contributed by atoms with Gasteiger partial charge in [-0.05, 0) is 60.7 Å². The molecule has 0 saturated heterocycles. The van der Waals surface area contributed by atoms with Crippen molar-refractivity contribution in [3.63, 3.8) is 0 Å². The average Bonchev–Trinajstić information content (AvgIpc) is 3.35. The Hall–Kier alpha value is -4.16. The highest BCUT2D eigenvalue weighted by atomic mass is 32.1. The minimum atomic E-state index is -0.455. The second-order valence-corrected chi connectivity index (χ2v) is 9.67. The molecule has 194 valence electrons. The van der Waals surface area contributed by atoms with E-state index in [2.05, 4.69) is 43.4 Å². The number of hydrogen-bond donors (Lipinski definition) is 1. The second kappa shape index (κ2) is 12.9.